The Balaban J connectivity index is 2.66. The van der Waals surface area contributed by atoms with Crippen LogP contribution in [0.3, 0.4) is 0 Å². The fourth-order valence-corrected chi connectivity index (χ4v) is 1.90. The molecule has 2 amide bonds. The first-order valence-electron chi connectivity index (χ1n) is 6.30. The molecule has 0 aromatic rings. The van der Waals surface area contributed by atoms with Crippen LogP contribution < -0.4 is 10.6 Å². The van der Waals surface area contributed by atoms with Crippen LogP contribution in [0.2, 0.25) is 0 Å². The highest BCUT2D eigenvalue weighted by Crippen LogP contribution is 2.14. The van der Waals surface area contributed by atoms with Gasteiger partial charge in [-0.25, -0.2) is 4.79 Å². The topological polar surface area (TPSA) is 87.7 Å². The van der Waals surface area contributed by atoms with E-state index in [4.69, 9.17) is 4.74 Å². The van der Waals surface area contributed by atoms with Crippen molar-refractivity contribution in [3.63, 3.8) is 0 Å². The predicted octanol–water partition coefficient (Wildman–Crippen LogP) is 0.705. The molecule has 0 aliphatic heterocycles. The maximum atomic E-state index is 11.7. The van der Waals surface area contributed by atoms with Gasteiger partial charge >= 0.3 is 6.09 Å². The van der Waals surface area contributed by atoms with Crippen molar-refractivity contribution in [2.75, 3.05) is 0 Å². The SMILES string of the molecule is CC(=O)N[C@@H]1[C@@H](NC(=O)OC(C)(C)C)CC=C[C@@H]1O. The summed E-state index contributed by atoms with van der Waals surface area (Å²) in [6.07, 6.45) is 2.52. The minimum atomic E-state index is -0.822. The lowest BCUT2D eigenvalue weighted by Crippen LogP contribution is -2.57. The summed E-state index contributed by atoms with van der Waals surface area (Å²) in [5.74, 6) is -0.254. The number of carbonyl (C=O) groups excluding carboxylic acids is 2. The highest BCUT2D eigenvalue weighted by atomic mass is 16.6. The maximum absolute atomic E-state index is 11.7. The average molecular weight is 270 g/mol. The van der Waals surface area contributed by atoms with Crippen molar-refractivity contribution < 1.29 is 19.4 Å². The number of alkyl carbamates (subject to hydrolysis) is 1. The molecule has 1 aliphatic carbocycles. The molecule has 0 saturated carbocycles. The first-order valence-corrected chi connectivity index (χ1v) is 6.30. The van der Waals surface area contributed by atoms with Crippen molar-refractivity contribution in [1.82, 2.24) is 10.6 Å². The lowest BCUT2D eigenvalue weighted by molar-refractivity contribution is -0.120. The summed E-state index contributed by atoms with van der Waals surface area (Å²) in [6, 6.07) is -0.936. The fraction of sp³-hybridized carbons (Fsp3) is 0.692. The van der Waals surface area contributed by atoms with Gasteiger partial charge in [0.25, 0.3) is 0 Å². The van der Waals surface area contributed by atoms with Gasteiger partial charge in [0, 0.05) is 6.92 Å². The molecule has 0 saturated heterocycles. The molecule has 0 aromatic carbocycles. The number of amides is 2. The molecule has 0 heterocycles. The average Bonchev–Trinajstić information content (AvgIpc) is 2.19. The molecule has 6 heteroatoms. The minimum absolute atomic E-state index is 0.254. The molecule has 1 rings (SSSR count). The predicted molar refractivity (Wildman–Crippen MR) is 70.5 cm³/mol. The zero-order valence-corrected chi connectivity index (χ0v) is 11.8. The lowest BCUT2D eigenvalue weighted by Gasteiger charge is -2.33. The third-order valence-corrected chi connectivity index (χ3v) is 2.60. The van der Waals surface area contributed by atoms with E-state index in [1.165, 1.54) is 6.92 Å². The summed E-state index contributed by atoms with van der Waals surface area (Å²) in [7, 11) is 0. The van der Waals surface area contributed by atoms with Gasteiger partial charge in [0.2, 0.25) is 5.91 Å². The Labute approximate surface area is 113 Å². The van der Waals surface area contributed by atoms with E-state index in [-0.39, 0.29) is 5.91 Å². The van der Waals surface area contributed by atoms with Crippen molar-refractivity contribution >= 4 is 12.0 Å². The van der Waals surface area contributed by atoms with Crippen molar-refractivity contribution in [1.29, 1.82) is 0 Å². The van der Waals surface area contributed by atoms with Crippen molar-refractivity contribution in [3.8, 4) is 0 Å². The van der Waals surface area contributed by atoms with Gasteiger partial charge in [0.05, 0.1) is 18.2 Å². The van der Waals surface area contributed by atoms with Gasteiger partial charge in [0.15, 0.2) is 0 Å². The van der Waals surface area contributed by atoms with Crippen LogP contribution in [0.15, 0.2) is 12.2 Å². The Kier molecular flexibility index (Phi) is 4.94. The van der Waals surface area contributed by atoms with E-state index in [2.05, 4.69) is 10.6 Å². The highest BCUT2D eigenvalue weighted by Gasteiger charge is 2.32. The molecular formula is C13H22N2O4. The van der Waals surface area contributed by atoms with Crippen LogP contribution in [0.5, 0.6) is 0 Å². The number of aliphatic hydroxyl groups excluding tert-OH is 1. The van der Waals surface area contributed by atoms with E-state index < -0.39 is 29.9 Å². The zero-order valence-electron chi connectivity index (χ0n) is 11.8. The van der Waals surface area contributed by atoms with Gasteiger partial charge in [-0.2, -0.15) is 0 Å². The number of hydrogen-bond donors (Lipinski definition) is 3. The minimum Gasteiger partial charge on any atom is -0.444 e. The summed E-state index contributed by atoms with van der Waals surface area (Å²) in [5.41, 5.74) is -0.587. The van der Waals surface area contributed by atoms with Crippen LogP contribution in [0.4, 0.5) is 4.79 Å². The van der Waals surface area contributed by atoms with Crippen LogP contribution in [0.25, 0.3) is 0 Å². The number of hydrogen-bond acceptors (Lipinski definition) is 4. The van der Waals surface area contributed by atoms with Crippen LogP contribution in [0, 0.1) is 0 Å². The molecule has 0 spiro atoms. The van der Waals surface area contributed by atoms with E-state index in [0.717, 1.165) is 0 Å². The molecule has 0 bridgehead atoms. The van der Waals surface area contributed by atoms with Crippen molar-refractivity contribution in [3.05, 3.63) is 12.2 Å². The molecule has 0 unspecified atom stereocenters. The van der Waals surface area contributed by atoms with E-state index >= 15 is 0 Å². The van der Waals surface area contributed by atoms with Gasteiger partial charge in [-0.3, -0.25) is 4.79 Å². The second kappa shape index (κ2) is 6.06. The quantitative estimate of drug-likeness (QED) is 0.645. The molecule has 1 aliphatic rings. The monoisotopic (exact) mass is 270 g/mol. The van der Waals surface area contributed by atoms with E-state index in [1.807, 2.05) is 0 Å². The molecule has 0 aromatic heterocycles. The van der Waals surface area contributed by atoms with Crippen LogP contribution in [0.1, 0.15) is 34.1 Å². The highest BCUT2D eigenvalue weighted by molar-refractivity contribution is 5.74. The van der Waals surface area contributed by atoms with Gasteiger partial charge in [-0.15, -0.1) is 0 Å². The molecule has 0 fully saturated rings. The van der Waals surface area contributed by atoms with Gasteiger partial charge in [-0.1, -0.05) is 12.2 Å². The lowest BCUT2D eigenvalue weighted by atomic mass is 9.93. The van der Waals surface area contributed by atoms with E-state index in [1.54, 1.807) is 32.9 Å². The van der Waals surface area contributed by atoms with Crippen LogP contribution >= 0.6 is 0 Å². The molecule has 0 radical (unpaired) electrons. The number of carbonyl (C=O) groups is 2. The first-order chi connectivity index (χ1) is 8.69. The molecule has 6 nitrogen and oxygen atoms in total. The first kappa shape index (κ1) is 15.5. The fourth-order valence-electron chi connectivity index (χ4n) is 1.90. The smallest absolute Gasteiger partial charge is 0.407 e. The molecular weight excluding hydrogens is 248 g/mol. The Morgan fingerprint density at radius 3 is 2.47 bits per heavy atom. The zero-order chi connectivity index (χ0) is 14.6. The second-order valence-electron chi connectivity index (χ2n) is 5.63. The standard InChI is InChI=1S/C13H22N2O4/c1-8(16)14-11-9(6-5-7-10(11)17)15-12(18)19-13(2,3)4/h5,7,9-11,17H,6H2,1-4H3,(H,14,16)(H,15,18)/t9-,10-,11+/m0/s1. The Morgan fingerprint density at radius 2 is 1.95 bits per heavy atom. The molecule has 108 valence electrons. The molecule has 19 heavy (non-hydrogen) atoms. The summed E-state index contributed by atoms with van der Waals surface area (Å²) in [6.45, 7) is 6.68. The van der Waals surface area contributed by atoms with E-state index in [9.17, 15) is 14.7 Å². The van der Waals surface area contributed by atoms with E-state index in [0.29, 0.717) is 6.42 Å². The van der Waals surface area contributed by atoms with Crippen LogP contribution in [-0.2, 0) is 9.53 Å². The largest absolute Gasteiger partial charge is 0.444 e. The summed E-state index contributed by atoms with van der Waals surface area (Å²) < 4.78 is 5.16. The third-order valence-electron chi connectivity index (χ3n) is 2.60. The Morgan fingerprint density at radius 1 is 1.32 bits per heavy atom. The summed E-state index contributed by atoms with van der Waals surface area (Å²) >= 11 is 0. The normalized spacial score (nSPS) is 26.7. The van der Waals surface area contributed by atoms with Gasteiger partial charge in [0.1, 0.15) is 5.60 Å². The Hall–Kier alpha value is -1.56. The number of aliphatic hydroxyl groups is 1. The van der Waals surface area contributed by atoms with Gasteiger partial charge < -0.3 is 20.5 Å². The van der Waals surface area contributed by atoms with Crippen LogP contribution in [-0.4, -0.2) is 40.9 Å². The summed E-state index contributed by atoms with van der Waals surface area (Å²) in [5, 5.41) is 15.2. The number of ether oxygens (including phenoxy) is 1. The van der Waals surface area contributed by atoms with Crippen molar-refractivity contribution in [2.24, 2.45) is 0 Å². The number of rotatable bonds is 2. The summed E-state index contributed by atoms with van der Waals surface area (Å²) in [4.78, 5) is 22.8. The number of nitrogens with one attached hydrogen (secondary N) is 2. The molecule has 3 atom stereocenters. The Bertz CT molecular complexity index is 373. The second-order valence-corrected chi connectivity index (χ2v) is 5.63. The van der Waals surface area contributed by atoms with Crippen molar-refractivity contribution in [2.45, 2.75) is 57.9 Å². The third kappa shape index (κ3) is 5.30. The maximum Gasteiger partial charge on any atom is 0.407 e. The molecule has 3 N–H and O–H groups in total. The van der Waals surface area contributed by atoms with Gasteiger partial charge in [-0.05, 0) is 27.2 Å².